The first-order chi connectivity index (χ1) is 11.6. The van der Waals surface area contributed by atoms with E-state index in [2.05, 4.69) is 9.72 Å². The maximum absolute atomic E-state index is 12.6. The normalized spacial score (nSPS) is 13.9. The molecule has 0 unspecified atom stereocenters. The van der Waals surface area contributed by atoms with Gasteiger partial charge in [0.05, 0.1) is 24.5 Å². The van der Waals surface area contributed by atoms with Crippen LogP contribution < -0.4 is 0 Å². The third-order valence-electron chi connectivity index (χ3n) is 3.67. The number of aromatic nitrogens is 1. The van der Waals surface area contributed by atoms with Gasteiger partial charge in [0, 0.05) is 19.3 Å². The van der Waals surface area contributed by atoms with Crippen LogP contribution in [0.25, 0.3) is 0 Å². The lowest BCUT2D eigenvalue weighted by Gasteiger charge is -2.27. The van der Waals surface area contributed by atoms with E-state index in [4.69, 9.17) is 4.42 Å². The summed E-state index contributed by atoms with van der Waals surface area (Å²) in [6, 6.07) is 4.45. The van der Waals surface area contributed by atoms with E-state index in [9.17, 15) is 14.4 Å². The molecule has 0 aliphatic carbocycles. The van der Waals surface area contributed by atoms with Crippen molar-refractivity contribution in [3.63, 3.8) is 0 Å². The molecule has 1 aliphatic rings. The van der Waals surface area contributed by atoms with Crippen molar-refractivity contribution in [2.45, 2.75) is 6.42 Å². The summed E-state index contributed by atoms with van der Waals surface area (Å²) in [6.45, 7) is 0.860. The zero-order chi connectivity index (χ0) is 17.1. The Labute approximate surface area is 137 Å². The number of methoxy groups -OCH3 is 1. The number of ether oxygens (including phenoxy) is 1. The van der Waals surface area contributed by atoms with Gasteiger partial charge in [-0.1, -0.05) is 0 Å². The monoisotopic (exact) mass is 329 g/mol. The van der Waals surface area contributed by atoms with E-state index in [0.29, 0.717) is 25.1 Å². The Morgan fingerprint density at radius 2 is 1.83 bits per heavy atom. The number of hydrogen-bond donors (Lipinski definition) is 0. The number of pyridine rings is 1. The molecular formula is C16H15N3O5. The fourth-order valence-corrected chi connectivity index (χ4v) is 2.46. The number of hydrogen-bond acceptors (Lipinski definition) is 6. The Bertz CT molecular complexity index is 755. The fourth-order valence-electron chi connectivity index (χ4n) is 2.46. The quantitative estimate of drug-likeness (QED) is 0.790. The molecule has 0 N–H and O–H groups in total. The molecule has 8 nitrogen and oxygen atoms in total. The number of esters is 1. The fraction of sp³-hybridized carbons (Fsp3) is 0.250. The maximum Gasteiger partial charge on any atom is 0.339 e. The van der Waals surface area contributed by atoms with Crippen molar-refractivity contribution >= 4 is 17.8 Å². The minimum Gasteiger partial charge on any atom is -0.472 e. The number of hydrazine groups is 1. The molecule has 0 radical (unpaired) electrons. The van der Waals surface area contributed by atoms with Crippen LogP contribution >= 0.6 is 0 Å². The van der Waals surface area contributed by atoms with Gasteiger partial charge < -0.3 is 9.15 Å². The van der Waals surface area contributed by atoms with Crippen LogP contribution in [0.4, 0.5) is 0 Å². The lowest BCUT2D eigenvalue weighted by atomic mass is 10.2. The largest absolute Gasteiger partial charge is 0.472 e. The number of furan rings is 1. The molecule has 0 spiro atoms. The predicted octanol–water partition coefficient (Wildman–Crippen LogP) is 1.36. The number of carbonyl (C=O) groups excluding carboxylic acids is 3. The first-order valence-corrected chi connectivity index (χ1v) is 7.32. The van der Waals surface area contributed by atoms with E-state index < -0.39 is 11.9 Å². The molecule has 8 heteroatoms. The summed E-state index contributed by atoms with van der Waals surface area (Å²) >= 11 is 0. The summed E-state index contributed by atoms with van der Waals surface area (Å²) in [7, 11) is 1.27. The van der Waals surface area contributed by atoms with Crippen molar-refractivity contribution in [3.05, 3.63) is 53.7 Å². The van der Waals surface area contributed by atoms with Gasteiger partial charge in [-0.05, 0) is 24.6 Å². The van der Waals surface area contributed by atoms with Crippen LogP contribution in [0.2, 0.25) is 0 Å². The highest BCUT2D eigenvalue weighted by Crippen LogP contribution is 2.18. The second-order valence-electron chi connectivity index (χ2n) is 5.15. The Hall–Kier alpha value is -3.16. The van der Waals surface area contributed by atoms with Crippen LogP contribution in [0.5, 0.6) is 0 Å². The predicted molar refractivity (Wildman–Crippen MR) is 81.0 cm³/mol. The van der Waals surface area contributed by atoms with Crippen molar-refractivity contribution in [1.82, 2.24) is 15.0 Å². The summed E-state index contributed by atoms with van der Waals surface area (Å²) < 4.78 is 9.50. The average Bonchev–Trinajstić information content (AvgIpc) is 3.31. The van der Waals surface area contributed by atoms with Crippen LogP contribution in [0.1, 0.15) is 37.6 Å². The van der Waals surface area contributed by atoms with Gasteiger partial charge in [-0.15, -0.1) is 0 Å². The van der Waals surface area contributed by atoms with Crippen molar-refractivity contribution in [2.75, 3.05) is 20.2 Å². The summed E-state index contributed by atoms with van der Waals surface area (Å²) in [5.41, 5.74) is 0.778. The molecule has 2 aromatic heterocycles. The molecule has 1 aliphatic heterocycles. The van der Waals surface area contributed by atoms with Gasteiger partial charge in [0.25, 0.3) is 11.8 Å². The summed E-state index contributed by atoms with van der Waals surface area (Å²) in [4.78, 5) is 40.4. The molecule has 0 aromatic carbocycles. The molecule has 0 saturated carbocycles. The second kappa shape index (κ2) is 6.53. The summed E-state index contributed by atoms with van der Waals surface area (Å²) in [5.74, 6) is -1.24. The lowest BCUT2D eigenvalue weighted by molar-refractivity contribution is 0.0182. The van der Waals surface area contributed by atoms with Crippen LogP contribution in [-0.4, -0.2) is 53.0 Å². The van der Waals surface area contributed by atoms with E-state index in [1.165, 1.54) is 48.0 Å². The zero-order valence-corrected chi connectivity index (χ0v) is 13.0. The molecule has 2 amide bonds. The Morgan fingerprint density at radius 1 is 1.08 bits per heavy atom. The molecule has 0 bridgehead atoms. The molecule has 2 aromatic rings. The number of carbonyl (C=O) groups is 3. The second-order valence-corrected chi connectivity index (χ2v) is 5.15. The van der Waals surface area contributed by atoms with E-state index in [-0.39, 0.29) is 17.2 Å². The molecule has 0 atom stereocenters. The van der Waals surface area contributed by atoms with Crippen molar-refractivity contribution < 1.29 is 23.5 Å². The van der Waals surface area contributed by atoms with Crippen LogP contribution in [0.3, 0.4) is 0 Å². The smallest absolute Gasteiger partial charge is 0.339 e. The standard InChI is InChI=1S/C16H15N3O5/c1-23-16(22)11-3-4-13(17-9-11)15(21)19-7-2-6-18(19)14(20)12-5-8-24-10-12/h3-5,8-10H,2,6-7H2,1H3. The first kappa shape index (κ1) is 15.7. The Morgan fingerprint density at radius 3 is 2.42 bits per heavy atom. The Balaban J connectivity index is 1.78. The van der Waals surface area contributed by atoms with E-state index in [1.807, 2.05) is 0 Å². The number of rotatable bonds is 3. The molecular weight excluding hydrogens is 314 g/mol. The Kier molecular flexibility index (Phi) is 4.28. The van der Waals surface area contributed by atoms with Crippen molar-refractivity contribution in [3.8, 4) is 0 Å². The maximum atomic E-state index is 12.6. The third kappa shape index (κ3) is 2.85. The van der Waals surface area contributed by atoms with Gasteiger partial charge in [-0.3, -0.25) is 14.6 Å². The zero-order valence-electron chi connectivity index (χ0n) is 13.0. The summed E-state index contributed by atoms with van der Waals surface area (Å²) in [6.07, 6.45) is 4.70. The third-order valence-corrected chi connectivity index (χ3v) is 3.67. The minimum absolute atomic E-state index is 0.148. The molecule has 24 heavy (non-hydrogen) atoms. The molecule has 1 saturated heterocycles. The molecule has 124 valence electrons. The lowest BCUT2D eigenvalue weighted by Crippen LogP contribution is -2.45. The molecule has 3 heterocycles. The van der Waals surface area contributed by atoms with Gasteiger partial charge in [0.1, 0.15) is 12.0 Å². The van der Waals surface area contributed by atoms with Gasteiger partial charge in [0.15, 0.2) is 0 Å². The van der Waals surface area contributed by atoms with Gasteiger partial charge in [-0.25, -0.2) is 14.8 Å². The molecule has 1 fully saturated rings. The van der Waals surface area contributed by atoms with Crippen LogP contribution in [-0.2, 0) is 4.74 Å². The average molecular weight is 329 g/mol. The van der Waals surface area contributed by atoms with E-state index in [0.717, 1.165) is 0 Å². The topological polar surface area (TPSA) is 93.0 Å². The highest BCUT2D eigenvalue weighted by molar-refractivity contribution is 5.98. The van der Waals surface area contributed by atoms with E-state index in [1.54, 1.807) is 6.07 Å². The van der Waals surface area contributed by atoms with Gasteiger partial charge >= 0.3 is 5.97 Å². The highest BCUT2D eigenvalue weighted by atomic mass is 16.5. The van der Waals surface area contributed by atoms with Gasteiger partial charge in [0.2, 0.25) is 0 Å². The van der Waals surface area contributed by atoms with Crippen LogP contribution in [0, 0.1) is 0 Å². The first-order valence-electron chi connectivity index (χ1n) is 7.32. The van der Waals surface area contributed by atoms with Crippen molar-refractivity contribution in [1.29, 1.82) is 0 Å². The summed E-state index contributed by atoms with van der Waals surface area (Å²) in [5, 5.41) is 2.73. The van der Waals surface area contributed by atoms with Crippen molar-refractivity contribution in [2.24, 2.45) is 0 Å². The van der Waals surface area contributed by atoms with E-state index >= 15 is 0 Å². The SMILES string of the molecule is COC(=O)c1ccc(C(=O)N2CCCN2C(=O)c2ccoc2)nc1. The van der Waals surface area contributed by atoms with Crippen LogP contribution in [0.15, 0.2) is 41.3 Å². The number of amides is 2. The molecule has 3 rings (SSSR count). The highest BCUT2D eigenvalue weighted by Gasteiger charge is 2.32. The minimum atomic E-state index is -0.528. The van der Waals surface area contributed by atoms with Gasteiger partial charge in [-0.2, -0.15) is 0 Å². The number of nitrogens with zero attached hydrogens (tertiary/aromatic N) is 3.